The third kappa shape index (κ3) is 3.11. The molecule has 1 amide bonds. The summed E-state index contributed by atoms with van der Waals surface area (Å²) in [5.74, 6) is 0.450. The van der Waals surface area contributed by atoms with Crippen LogP contribution in [-0.2, 0) is 4.79 Å². The van der Waals surface area contributed by atoms with E-state index in [-0.39, 0.29) is 5.91 Å². The molecule has 0 bridgehead atoms. The average molecular weight is 306 g/mol. The van der Waals surface area contributed by atoms with Gasteiger partial charge in [-0.1, -0.05) is 12.1 Å². The Hall–Kier alpha value is -1.81. The number of amides is 1. The minimum Gasteiger partial charge on any atom is -0.465 e. The van der Waals surface area contributed by atoms with Gasteiger partial charge in [-0.05, 0) is 52.7 Å². The Morgan fingerprint density at radius 2 is 2.17 bits per heavy atom. The fourth-order valence-electron chi connectivity index (χ4n) is 1.46. The van der Waals surface area contributed by atoms with Crippen LogP contribution in [-0.4, -0.2) is 5.91 Å². The van der Waals surface area contributed by atoms with Crippen LogP contribution in [0.5, 0.6) is 0 Å². The first-order valence-electron chi connectivity index (χ1n) is 5.44. The summed E-state index contributed by atoms with van der Waals surface area (Å²) in [5, 5.41) is 2.80. The fraction of sp³-hybridized carbons (Fsp3) is 0.0714. The van der Waals surface area contributed by atoms with Gasteiger partial charge in [-0.3, -0.25) is 4.79 Å². The maximum Gasteiger partial charge on any atom is 0.248 e. The van der Waals surface area contributed by atoms with Crippen LogP contribution in [0.4, 0.5) is 5.69 Å². The predicted molar refractivity (Wildman–Crippen MR) is 75.3 cm³/mol. The second-order valence-electron chi connectivity index (χ2n) is 3.77. The maximum absolute atomic E-state index is 11.7. The van der Waals surface area contributed by atoms with Crippen LogP contribution in [0.25, 0.3) is 6.08 Å². The number of carbonyl (C=O) groups is 1. The van der Waals surface area contributed by atoms with E-state index in [1.165, 1.54) is 6.08 Å². The molecule has 1 heterocycles. The van der Waals surface area contributed by atoms with Gasteiger partial charge in [-0.2, -0.15) is 0 Å². The lowest BCUT2D eigenvalue weighted by molar-refractivity contribution is -0.111. The number of furan rings is 1. The molecule has 2 rings (SSSR count). The van der Waals surface area contributed by atoms with Crippen LogP contribution in [0.15, 0.2) is 51.6 Å². The van der Waals surface area contributed by atoms with Crippen LogP contribution < -0.4 is 5.32 Å². The third-order valence-electron chi connectivity index (χ3n) is 2.39. The van der Waals surface area contributed by atoms with Crippen molar-refractivity contribution in [3.05, 3.63) is 58.5 Å². The summed E-state index contributed by atoms with van der Waals surface area (Å²) in [6.07, 6.45) is 4.63. The predicted octanol–water partition coefficient (Wildman–Crippen LogP) is 4.00. The summed E-state index contributed by atoms with van der Waals surface area (Å²) in [4.78, 5) is 11.7. The van der Waals surface area contributed by atoms with Crippen molar-refractivity contribution in [1.82, 2.24) is 0 Å². The number of rotatable bonds is 3. The Bertz CT molecular complexity index is 573. The van der Waals surface area contributed by atoms with E-state index < -0.39 is 0 Å². The second kappa shape index (κ2) is 5.69. The second-order valence-corrected chi connectivity index (χ2v) is 4.57. The fourth-order valence-corrected chi connectivity index (χ4v) is 1.83. The lowest BCUT2D eigenvalue weighted by Gasteiger charge is -2.06. The Morgan fingerprint density at radius 3 is 2.89 bits per heavy atom. The first-order valence-corrected chi connectivity index (χ1v) is 6.24. The van der Waals surface area contributed by atoms with E-state index in [9.17, 15) is 4.79 Å². The molecule has 0 aliphatic carbocycles. The lowest BCUT2D eigenvalue weighted by Crippen LogP contribution is -2.08. The van der Waals surface area contributed by atoms with Gasteiger partial charge >= 0.3 is 0 Å². The first-order chi connectivity index (χ1) is 8.66. The van der Waals surface area contributed by atoms with Crippen molar-refractivity contribution in [2.75, 3.05) is 5.32 Å². The summed E-state index contributed by atoms with van der Waals surface area (Å²) in [7, 11) is 0. The Balaban J connectivity index is 2.05. The monoisotopic (exact) mass is 305 g/mol. The molecule has 1 N–H and O–H groups in total. The topological polar surface area (TPSA) is 42.2 Å². The maximum atomic E-state index is 11.7. The Morgan fingerprint density at radius 1 is 1.33 bits per heavy atom. The minimum absolute atomic E-state index is 0.197. The van der Waals surface area contributed by atoms with Crippen molar-refractivity contribution in [2.45, 2.75) is 6.92 Å². The van der Waals surface area contributed by atoms with Crippen LogP contribution in [0.1, 0.15) is 11.3 Å². The number of nitrogens with one attached hydrogen (secondary N) is 1. The molecule has 0 radical (unpaired) electrons. The molecule has 92 valence electrons. The van der Waals surface area contributed by atoms with Crippen LogP contribution in [0, 0.1) is 6.92 Å². The number of hydrogen-bond donors (Lipinski definition) is 1. The highest BCUT2D eigenvalue weighted by Crippen LogP contribution is 2.25. The number of halogens is 1. The SMILES string of the molecule is Cc1cccc(NC(=O)/C=C/c2ccco2)c1Br. The highest BCUT2D eigenvalue weighted by molar-refractivity contribution is 9.10. The largest absolute Gasteiger partial charge is 0.465 e. The van der Waals surface area contributed by atoms with Gasteiger partial charge in [0, 0.05) is 10.5 Å². The summed E-state index contributed by atoms with van der Waals surface area (Å²) in [5.41, 5.74) is 1.83. The summed E-state index contributed by atoms with van der Waals surface area (Å²) in [6.45, 7) is 1.97. The molecule has 1 aromatic carbocycles. The zero-order chi connectivity index (χ0) is 13.0. The van der Waals surface area contributed by atoms with E-state index in [0.29, 0.717) is 5.76 Å². The van der Waals surface area contributed by atoms with Crippen molar-refractivity contribution in [2.24, 2.45) is 0 Å². The number of hydrogen-bond acceptors (Lipinski definition) is 2. The molecular weight excluding hydrogens is 294 g/mol. The van der Waals surface area contributed by atoms with E-state index in [1.807, 2.05) is 25.1 Å². The summed E-state index contributed by atoms with van der Waals surface area (Å²) < 4.78 is 5.99. The van der Waals surface area contributed by atoms with Gasteiger partial charge < -0.3 is 9.73 Å². The summed E-state index contributed by atoms with van der Waals surface area (Å²) in [6, 6.07) is 9.27. The van der Waals surface area contributed by atoms with Gasteiger partial charge in [0.05, 0.1) is 12.0 Å². The van der Waals surface area contributed by atoms with E-state index >= 15 is 0 Å². The van der Waals surface area contributed by atoms with E-state index in [4.69, 9.17) is 4.42 Å². The first kappa shape index (κ1) is 12.6. The zero-order valence-corrected chi connectivity index (χ0v) is 11.4. The van der Waals surface area contributed by atoms with Crippen LogP contribution in [0.3, 0.4) is 0 Å². The molecule has 0 unspecified atom stereocenters. The molecule has 0 saturated carbocycles. The standard InChI is InChI=1S/C14H12BrNO2/c1-10-4-2-6-12(14(10)15)16-13(17)8-7-11-5-3-9-18-11/h2-9H,1H3,(H,16,17)/b8-7+. The Kier molecular flexibility index (Phi) is 3.99. The summed E-state index contributed by atoms with van der Waals surface area (Å²) >= 11 is 3.44. The highest BCUT2D eigenvalue weighted by Gasteiger charge is 2.04. The van der Waals surface area contributed by atoms with Crippen molar-refractivity contribution in [1.29, 1.82) is 0 Å². The smallest absolute Gasteiger partial charge is 0.248 e. The average Bonchev–Trinajstić information content (AvgIpc) is 2.86. The lowest BCUT2D eigenvalue weighted by atomic mass is 10.2. The van der Waals surface area contributed by atoms with E-state index in [2.05, 4.69) is 21.2 Å². The zero-order valence-electron chi connectivity index (χ0n) is 9.81. The van der Waals surface area contributed by atoms with Gasteiger partial charge in [-0.25, -0.2) is 0 Å². The van der Waals surface area contributed by atoms with Gasteiger partial charge in [-0.15, -0.1) is 0 Å². The van der Waals surface area contributed by atoms with Crippen LogP contribution in [0.2, 0.25) is 0 Å². The third-order valence-corrected chi connectivity index (χ3v) is 3.44. The van der Waals surface area contributed by atoms with Gasteiger partial charge in [0.15, 0.2) is 0 Å². The van der Waals surface area contributed by atoms with Crippen molar-refractivity contribution < 1.29 is 9.21 Å². The molecule has 0 fully saturated rings. The molecule has 3 nitrogen and oxygen atoms in total. The molecule has 0 spiro atoms. The molecule has 18 heavy (non-hydrogen) atoms. The number of carbonyl (C=O) groups excluding carboxylic acids is 1. The highest BCUT2D eigenvalue weighted by atomic mass is 79.9. The van der Waals surface area contributed by atoms with E-state index in [1.54, 1.807) is 24.5 Å². The number of benzene rings is 1. The van der Waals surface area contributed by atoms with Gasteiger partial charge in [0.1, 0.15) is 5.76 Å². The van der Waals surface area contributed by atoms with Crippen molar-refractivity contribution in [3.63, 3.8) is 0 Å². The van der Waals surface area contributed by atoms with E-state index in [0.717, 1.165) is 15.7 Å². The molecule has 0 aliphatic rings. The molecule has 0 atom stereocenters. The molecule has 2 aromatic rings. The molecule has 1 aromatic heterocycles. The van der Waals surface area contributed by atoms with Crippen LogP contribution >= 0.6 is 15.9 Å². The number of aryl methyl sites for hydroxylation is 1. The normalized spacial score (nSPS) is 10.8. The molecule has 4 heteroatoms. The Labute approximate surface area is 114 Å². The number of anilines is 1. The molecular formula is C14H12BrNO2. The quantitative estimate of drug-likeness (QED) is 0.871. The van der Waals surface area contributed by atoms with Crippen molar-refractivity contribution >= 4 is 33.6 Å². The van der Waals surface area contributed by atoms with Gasteiger partial charge in [0.2, 0.25) is 5.91 Å². The van der Waals surface area contributed by atoms with Crippen molar-refractivity contribution in [3.8, 4) is 0 Å². The minimum atomic E-state index is -0.197. The molecule has 0 saturated heterocycles. The van der Waals surface area contributed by atoms with Gasteiger partial charge in [0.25, 0.3) is 0 Å². The molecule has 0 aliphatic heterocycles.